The highest BCUT2D eigenvalue weighted by Crippen LogP contribution is 2.34. The Labute approximate surface area is 199 Å². The van der Waals surface area contributed by atoms with E-state index in [0.29, 0.717) is 34.9 Å². The Morgan fingerprint density at radius 3 is 2.03 bits per heavy atom. The summed E-state index contributed by atoms with van der Waals surface area (Å²) < 4.78 is 11.2. The zero-order chi connectivity index (χ0) is 24.2. The molecule has 4 rings (SSSR count). The first kappa shape index (κ1) is 23.1. The average Bonchev–Trinajstić information content (AvgIpc) is 3.05. The lowest BCUT2D eigenvalue weighted by Gasteiger charge is -2.17. The summed E-state index contributed by atoms with van der Waals surface area (Å²) in [4.78, 5) is 28.3. The first-order valence-corrected chi connectivity index (χ1v) is 11.3. The van der Waals surface area contributed by atoms with Gasteiger partial charge < -0.3 is 14.8 Å². The fraction of sp³-hybridized carbons (Fsp3) is 0.214. The molecule has 6 nitrogen and oxygen atoms in total. The number of benzene rings is 3. The summed E-state index contributed by atoms with van der Waals surface area (Å²) in [5, 5.41) is 3.18. The Hall–Kier alpha value is -4.06. The number of amides is 2. The first-order valence-electron chi connectivity index (χ1n) is 11.3. The Bertz CT molecular complexity index is 1210. The number of aryl methyl sites for hydroxylation is 1. The molecule has 0 aromatic heterocycles. The third kappa shape index (κ3) is 4.81. The van der Waals surface area contributed by atoms with Crippen LogP contribution in [-0.4, -0.2) is 24.5 Å². The molecule has 1 heterocycles. The van der Waals surface area contributed by atoms with Gasteiger partial charge in [0, 0.05) is 5.69 Å². The van der Waals surface area contributed by atoms with Crippen LogP contribution < -0.4 is 19.7 Å². The van der Waals surface area contributed by atoms with E-state index in [1.807, 2.05) is 76.2 Å². The highest BCUT2D eigenvalue weighted by atomic mass is 16.5. The molecule has 0 spiro atoms. The fourth-order valence-electron chi connectivity index (χ4n) is 3.76. The summed E-state index contributed by atoms with van der Waals surface area (Å²) in [6.07, 6.45) is 0.0284. The lowest BCUT2D eigenvalue weighted by molar-refractivity contribution is -0.120. The molecule has 6 heteroatoms. The van der Waals surface area contributed by atoms with Crippen molar-refractivity contribution in [2.75, 3.05) is 16.8 Å². The Kier molecular flexibility index (Phi) is 6.68. The van der Waals surface area contributed by atoms with Gasteiger partial charge in [0.2, 0.25) is 0 Å². The van der Waals surface area contributed by atoms with E-state index in [1.54, 1.807) is 24.3 Å². The van der Waals surface area contributed by atoms with Crippen molar-refractivity contribution < 1.29 is 19.1 Å². The van der Waals surface area contributed by atoms with Crippen molar-refractivity contribution >= 4 is 28.8 Å². The molecule has 0 saturated carbocycles. The van der Waals surface area contributed by atoms with E-state index in [4.69, 9.17) is 9.47 Å². The smallest absolute Gasteiger partial charge is 0.282 e. The lowest BCUT2D eigenvalue weighted by atomic mass is 10.0. The fourth-order valence-corrected chi connectivity index (χ4v) is 3.76. The summed E-state index contributed by atoms with van der Waals surface area (Å²) in [6, 6.07) is 21.8. The Balaban J connectivity index is 1.70. The van der Waals surface area contributed by atoms with Crippen LogP contribution in [0.5, 0.6) is 11.5 Å². The number of nitrogens with one attached hydrogen (secondary N) is 1. The molecular weight excluding hydrogens is 428 g/mol. The molecule has 3 aromatic carbocycles. The lowest BCUT2D eigenvalue weighted by Crippen LogP contribution is -2.32. The summed E-state index contributed by atoms with van der Waals surface area (Å²) in [5.74, 6) is 0.629. The first-order chi connectivity index (χ1) is 16.4. The zero-order valence-electron chi connectivity index (χ0n) is 19.8. The Morgan fingerprint density at radius 1 is 0.824 bits per heavy atom. The van der Waals surface area contributed by atoms with Crippen LogP contribution in [0.3, 0.4) is 0 Å². The largest absolute Gasteiger partial charge is 0.494 e. The minimum atomic E-state index is -0.410. The molecule has 0 aliphatic carbocycles. The number of rotatable bonds is 8. The van der Waals surface area contributed by atoms with Gasteiger partial charge in [0.25, 0.3) is 11.8 Å². The zero-order valence-corrected chi connectivity index (χ0v) is 19.8. The molecule has 1 N–H and O–H groups in total. The van der Waals surface area contributed by atoms with Crippen molar-refractivity contribution in [1.29, 1.82) is 0 Å². The second kappa shape index (κ2) is 9.83. The van der Waals surface area contributed by atoms with Crippen LogP contribution in [0.1, 0.15) is 31.9 Å². The van der Waals surface area contributed by atoms with Crippen molar-refractivity contribution in [3.63, 3.8) is 0 Å². The van der Waals surface area contributed by atoms with Gasteiger partial charge in [-0.2, -0.15) is 0 Å². The molecule has 174 valence electrons. The van der Waals surface area contributed by atoms with E-state index >= 15 is 0 Å². The summed E-state index contributed by atoms with van der Waals surface area (Å²) in [7, 11) is 0. The number of ether oxygens (including phenoxy) is 2. The maximum absolute atomic E-state index is 13.6. The van der Waals surface area contributed by atoms with Crippen LogP contribution in [0.25, 0.3) is 5.57 Å². The summed E-state index contributed by atoms with van der Waals surface area (Å²) in [5.41, 5.74) is 3.49. The minimum Gasteiger partial charge on any atom is -0.494 e. The molecule has 2 amide bonds. The number of hydrogen-bond acceptors (Lipinski definition) is 5. The number of nitrogens with zero attached hydrogens (tertiary/aromatic N) is 1. The van der Waals surface area contributed by atoms with E-state index in [1.165, 1.54) is 4.90 Å². The highest BCUT2D eigenvalue weighted by molar-refractivity contribution is 6.46. The van der Waals surface area contributed by atoms with Gasteiger partial charge in [0.1, 0.15) is 17.2 Å². The monoisotopic (exact) mass is 456 g/mol. The topological polar surface area (TPSA) is 67.9 Å². The summed E-state index contributed by atoms with van der Waals surface area (Å²) >= 11 is 0. The van der Waals surface area contributed by atoms with Gasteiger partial charge >= 0.3 is 0 Å². The number of carbonyl (C=O) groups excluding carboxylic acids is 2. The third-order valence-electron chi connectivity index (χ3n) is 5.33. The third-order valence-corrected chi connectivity index (χ3v) is 5.33. The van der Waals surface area contributed by atoms with Crippen LogP contribution in [0.4, 0.5) is 11.4 Å². The van der Waals surface area contributed by atoms with Crippen molar-refractivity contribution in [3.8, 4) is 11.5 Å². The van der Waals surface area contributed by atoms with Gasteiger partial charge in [-0.3, -0.25) is 9.59 Å². The summed E-state index contributed by atoms with van der Waals surface area (Å²) in [6.45, 7) is 8.35. The van der Waals surface area contributed by atoms with Crippen molar-refractivity contribution in [2.45, 2.75) is 33.8 Å². The molecule has 1 aliphatic heterocycles. The number of anilines is 2. The molecule has 0 saturated heterocycles. The molecule has 0 bridgehead atoms. The van der Waals surface area contributed by atoms with Gasteiger partial charge in [0.05, 0.1) is 24.0 Å². The van der Waals surface area contributed by atoms with Crippen LogP contribution >= 0.6 is 0 Å². The molecule has 0 fully saturated rings. The van der Waals surface area contributed by atoms with Crippen LogP contribution in [-0.2, 0) is 9.59 Å². The maximum atomic E-state index is 13.6. The molecule has 34 heavy (non-hydrogen) atoms. The van der Waals surface area contributed by atoms with Crippen LogP contribution in [0, 0.1) is 6.92 Å². The standard InChI is InChI=1S/C28H28N2O4/c1-5-33-23-14-10-21(11-15-23)29-26-25(20-8-6-19(4)7-9-20)27(31)30(28(26)32)22-12-16-24(17-13-22)34-18(2)3/h6-18,29H,5H2,1-4H3. The molecule has 3 aromatic rings. The van der Waals surface area contributed by atoms with Gasteiger partial charge in [-0.25, -0.2) is 4.90 Å². The molecule has 0 radical (unpaired) electrons. The quantitative estimate of drug-likeness (QED) is 0.449. The second-order valence-corrected chi connectivity index (χ2v) is 8.30. The number of imide groups is 1. The minimum absolute atomic E-state index is 0.0284. The Morgan fingerprint density at radius 2 is 1.44 bits per heavy atom. The van der Waals surface area contributed by atoms with Crippen LogP contribution in [0.2, 0.25) is 0 Å². The predicted molar refractivity (Wildman–Crippen MR) is 134 cm³/mol. The van der Waals surface area contributed by atoms with Gasteiger partial charge in [-0.05, 0) is 81.8 Å². The van der Waals surface area contributed by atoms with E-state index in [2.05, 4.69) is 5.32 Å². The van der Waals surface area contributed by atoms with E-state index in [9.17, 15) is 9.59 Å². The van der Waals surface area contributed by atoms with Crippen molar-refractivity contribution in [3.05, 3.63) is 89.6 Å². The average molecular weight is 457 g/mol. The van der Waals surface area contributed by atoms with E-state index in [0.717, 1.165) is 11.3 Å². The maximum Gasteiger partial charge on any atom is 0.282 e. The predicted octanol–water partition coefficient (Wildman–Crippen LogP) is 5.58. The molecule has 0 unspecified atom stereocenters. The highest BCUT2D eigenvalue weighted by Gasteiger charge is 2.40. The van der Waals surface area contributed by atoms with Crippen molar-refractivity contribution in [1.82, 2.24) is 0 Å². The number of hydrogen-bond donors (Lipinski definition) is 1. The molecular formula is C28H28N2O4. The second-order valence-electron chi connectivity index (χ2n) is 8.30. The van der Waals surface area contributed by atoms with Gasteiger partial charge in [0.15, 0.2) is 0 Å². The molecule has 0 atom stereocenters. The van der Waals surface area contributed by atoms with Crippen LogP contribution in [0.15, 0.2) is 78.5 Å². The van der Waals surface area contributed by atoms with Gasteiger partial charge in [-0.15, -0.1) is 0 Å². The molecule has 1 aliphatic rings. The van der Waals surface area contributed by atoms with Crippen molar-refractivity contribution in [2.24, 2.45) is 0 Å². The van der Waals surface area contributed by atoms with E-state index < -0.39 is 5.91 Å². The normalized spacial score (nSPS) is 13.6. The number of carbonyl (C=O) groups is 2. The van der Waals surface area contributed by atoms with E-state index in [-0.39, 0.29) is 17.7 Å². The SMILES string of the molecule is CCOc1ccc(NC2=C(c3ccc(C)cc3)C(=O)N(c3ccc(OC(C)C)cc3)C2=O)cc1. The van der Waals surface area contributed by atoms with Gasteiger partial charge in [-0.1, -0.05) is 29.8 Å².